The molecule has 0 radical (unpaired) electrons. The lowest BCUT2D eigenvalue weighted by atomic mass is 10.0. The molecule has 0 N–H and O–H groups in total. The summed E-state index contributed by atoms with van der Waals surface area (Å²) in [6.45, 7) is 0. The third kappa shape index (κ3) is 6.22. The molecule has 0 spiro atoms. The molecule has 0 atom stereocenters. The maximum absolute atomic E-state index is 2.42. The molecule has 4 heteroatoms. The Balaban J connectivity index is 1.25. The molecule has 10 aromatic rings. The van der Waals surface area contributed by atoms with Gasteiger partial charge in [-0.3, -0.25) is 0 Å². The first-order valence-electron chi connectivity index (χ1n) is 18.9. The van der Waals surface area contributed by atoms with Crippen LogP contribution < -0.4 is 14.7 Å². The summed E-state index contributed by atoms with van der Waals surface area (Å²) in [5.74, 6) is 0. The van der Waals surface area contributed by atoms with Gasteiger partial charge in [0, 0.05) is 65.7 Å². The van der Waals surface area contributed by atoms with Crippen molar-refractivity contribution in [1.29, 1.82) is 0 Å². The molecule has 0 saturated heterocycles. The van der Waals surface area contributed by atoms with Crippen molar-refractivity contribution < 1.29 is 0 Å². The van der Waals surface area contributed by atoms with E-state index in [1.54, 1.807) is 0 Å². The molecule has 3 nitrogen and oxygen atoms in total. The van der Waals surface area contributed by atoms with Crippen LogP contribution in [0, 0.1) is 0 Å². The lowest BCUT2D eigenvalue weighted by molar-refractivity contribution is 1.26. The Morgan fingerprint density at radius 1 is 0.268 bits per heavy atom. The Labute approximate surface area is 331 Å². The van der Waals surface area contributed by atoms with Crippen LogP contribution in [0.15, 0.2) is 224 Å². The molecule has 56 heavy (non-hydrogen) atoms. The highest BCUT2D eigenvalue weighted by atomic mass is 32.1. The molecule has 0 unspecified atom stereocenters. The van der Waals surface area contributed by atoms with Gasteiger partial charge in [-0.15, -0.1) is 11.3 Å². The van der Waals surface area contributed by atoms with Gasteiger partial charge in [0.25, 0.3) is 0 Å². The fourth-order valence-corrected chi connectivity index (χ4v) is 9.02. The number of hydrogen-bond acceptors (Lipinski definition) is 4. The summed E-state index contributed by atoms with van der Waals surface area (Å²) in [4.78, 5) is 7.12. The number of benzene rings is 9. The summed E-state index contributed by atoms with van der Waals surface area (Å²) in [5, 5.41) is 4.89. The van der Waals surface area contributed by atoms with E-state index in [0.29, 0.717) is 0 Å². The van der Waals surface area contributed by atoms with Gasteiger partial charge in [-0.2, -0.15) is 0 Å². The van der Waals surface area contributed by atoms with Gasteiger partial charge in [-0.25, -0.2) is 0 Å². The van der Waals surface area contributed by atoms with Crippen LogP contribution in [-0.4, -0.2) is 0 Å². The molecule has 0 aliphatic heterocycles. The van der Waals surface area contributed by atoms with Gasteiger partial charge in [0.15, 0.2) is 0 Å². The van der Waals surface area contributed by atoms with Gasteiger partial charge < -0.3 is 14.7 Å². The molecule has 10 rings (SSSR count). The summed E-state index contributed by atoms with van der Waals surface area (Å²) in [6.07, 6.45) is 0. The van der Waals surface area contributed by atoms with E-state index in [0.717, 1.165) is 51.2 Å². The van der Waals surface area contributed by atoms with Crippen molar-refractivity contribution >= 4 is 93.5 Å². The minimum atomic E-state index is 1.10. The number of anilines is 9. The maximum atomic E-state index is 2.42. The highest BCUT2D eigenvalue weighted by molar-refractivity contribution is 7.26. The lowest BCUT2D eigenvalue weighted by Crippen LogP contribution is -2.13. The molecule has 0 fully saturated rings. The van der Waals surface area contributed by atoms with Crippen molar-refractivity contribution in [3.8, 4) is 0 Å². The van der Waals surface area contributed by atoms with E-state index in [2.05, 4.69) is 239 Å². The smallest absolute Gasteiger partial charge is 0.0575 e. The number of nitrogens with zero attached hydrogens (tertiary/aromatic N) is 3. The van der Waals surface area contributed by atoms with Gasteiger partial charge in [-0.05, 0) is 120 Å². The number of para-hydroxylation sites is 6. The normalized spacial score (nSPS) is 11.2. The van der Waals surface area contributed by atoms with E-state index in [1.165, 1.54) is 30.9 Å². The molecular formula is C52H37N3S. The van der Waals surface area contributed by atoms with Gasteiger partial charge in [-0.1, -0.05) is 115 Å². The minimum absolute atomic E-state index is 1.10. The zero-order valence-corrected chi connectivity index (χ0v) is 31.4. The first-order valence-corrected chi connectivity index (χ1v) is 19.7. The summed E-state index contributed by atoms with van der Waals surface area (Å²) in [6, 6.07) is 80.5. The highest BCUT2D eigenvalue weighted by Crippen LogP contribution is 2.50. The van der Waals surface area contributed by atoms with Crippen molar-refractivity contribution in [2.24, 2.45) is 0 Å². The van der Waals surface area contributed by atoms with Crippen molar-refractivity contribution in [2.75, 3.05) is 14.7 Å². The summed E-state index contributed by atoms with van der Waals surface area (Å²) in [5.41, 5.74) is 10.0. The first-order chi connectivity index (χ1) is 27.8. The third-order valence-electron chi connectivity index (χ3n) is 10.3. The Morgan fingerprint density at radius 2 is 0.679 bits per heavy atom. The van der Waals surface area contributed by atoms with Gasteiger partial charge >= 0.3 is 0 Å². The Bertz CT molecular complexity index is 2780. The van der Waals surface area contributed by atoms with E-state index in [4.69, 9.17) is 0 Å². The molecule has 9 aromatic carbocycles. The van der Waals surface area contributed by atoms with Gasteiger partial charge in [0.2, 0.25) is 0 Å². The van der Waals surface area contributed by atoms with Crippen LogP contribution in [0.25, 0.3) is 30.9 Å². The summed E-state index contributed by atoms with van der Waals surface area (Å²) < 4.78 is 2.49. The molecule has 1 heterocycles. The Kier molecular flexibility index (Phi) is 8.71. The molecule has 0 saturated carbocycles. The third-order valence-corrected chi connectivity index (χ3v) is 11.4. The fourth-order valence-electron chi connectivity index (χ4n) is 7.83. The predicted octanol–water partition coefficient (Wildman–Crippen LogP) is 15.6. The van der Waals surface area contributed by atoms with Crippen molar-refractivity contribution in [1.82, 2.24) is 0 Å². The largest absolute Gasteiger partial charge is 0.310 e. The number of rotatable bonds is 9. The van der Waals surface area contributed by atoms with Gasteiger partial charge in [0.05, 0.1) is 5.69 Å². The molecule has 1 aromatic heterocycles. The Morgan fingerprint density at radius 3 is 1.12 bits per heavy atom. The number of fused-ring (bicyclic) bond motifs is 4. The molecule has 0 aliphatic rings. The van der Waals surface area contributed by atoms with Crippen LogP contribution in [0.2, 0.25) is 0 Å². The monoisotopic (exact) mass is 735 g/mol. The molecule has 0 bridgehead atoms. The van der Waals surface area contributed by atoms with E-state index >= 15 is 0 Å². The second kappa shape index (κ2) is 14.6. The Hall–Kier alpha value is -7.14. The number of hydrogen-bond donors (Lipinski definition) is 0. The minimum Gasteiger partial charge on any atom is -0.310 e. The lowest BCUT2D eigenvalue weighted by Gasteiger charge is -2.30. The van der Waals surface area contributed by atoms with Crippen molar-refractivity contribution in [2.45, 2.75) is 0 Å². The van der Waals surface area contributed by atoms with Gasteiger partial charge in [0.1, 0.15) is 0 Å². The second-order valence-electron chi connectivity index (χ2n) is 13.8. The zero-order valence-electron chi connectivity index (χ0n) is 30.6. The average Bonchev–Trinajstić information content (AvgIpc) is 3.62. The van der Waals surface area contributed by atoms with E-state index in [-0.39, 0.29) is 0 Å². The highest BCUT2D eigenvalue weighted by Gasteiger charge is 2.23. The average molecular weight is 736 g/mol. The molecule has 0 aliphatic carbocycles. The van der Waals surface area contributed by atoms with Crippen LogP contribution in [0.4, 0.5) is 51.2 Å². The molecule has 0 amide bonds. The second-order valence-corrected chi connectivity index (χ2v) is 14.9. The standard InChI is InChI=1S/C52H37N3S/c1-7-19-40(20-8-1)53(41-21-9-2-10-22-41)46-32-31-38-35-50-48(34-39(38)33-46)52-49(55(44-27-15-5-16-28-44)45-29-17-6-18-30-45)36-47(37-51(52)56-50)54(42-23-11-3-12-24-42)43-25-13-4-14-26-43/h1-37H. The maximum Gasteiger partial charge on any atom is 0.0575 e. The van der Waals surface area contributed by atoms with Crippen LogP contribution in [0.3, 0.4) is 0 Å². The van der Waals surface area contributed by atoms with E-state index in [9.17, 15) is 0 Å². The van der Waals surface area contributed by atoms with Crippen molar-refractivity contribution in [3.63, 3.8) is 0 Å². The number of thiophene rings is 1. The van der Waals surface area contributed by atoms with Crippen molar-refractivity contribution in [3.05, 3.63) is 224 Å². The topological polar surface area (TPSA) is 9.72 Å². The van der Waals surface area contributed by atoms with Crippen LogP contribution in [0.5, 0.6) is 0 Å². The van der Waals surface area contributed by atoms with E-state index in [1.807, 2.05) is 11.3 Å². The van der Waals surface area contributed by atoms with Crippen LogP contribution >= 0.6 is 11.3 Å². The SMILES string of the molecule is c1ccc(N(c2ccccc2)c2ccc3cc4sc5cc(N(c6ccccc6)c6ccccc6)cc(N(c6ccccc6)c6ccccc6)c5c4cc3c2)cc1. The molecule has 266 valence electrons. The zero-order chi connectivity index (χ0) is 37.3. The molecular weight excluding hydrogens is 699 g/mol. The summed E-state index contributed by atoms with van der Waals surface area (Å²) in [7, 11) is 0. The predicted molar refractivity (Wildman–Crippen MR) is 241 cm³/mol. The van der Waals surface area contributed by atoms with Crippen LogP contribution in [0.1, 0.15) is 0 Å². The van der Waals surface area contributed by atoms with Crippen LogP contribution in [-0.2, 0) is 0 Å². The summed E-state index contributed by atoms with van der Waals surface area (Å²) >= 11 is 1.86. The fraction of sp³-hybridized carbons (Fsp3) is 0. The first kappa shape index (κ1) is 33.4. The quantitative estimate of drug-likeness (QED) is 0.146. The van der Waals surface area contributed by atoms with E-state index < -0.39 is 0 Å².